The summed E-state index contributed by atoms with van der Waals surface area (Å²) >= 11 is 11.8. The van der Waals surface area contributed by atoms with Crippen LogP contribution in [0.2, 0.25) is 10.0 Å². The molecule has 12 heteroatoms. The zero-order valence-electron chi connectivity index (χ0n) is 16.4. The smallest absolute Gasteiger partial charge is 0.321 e. The lowest BCUT2D eigenvalue weighted by Crippen LogP contribution is -2.24. The second kappa shape index (κ2) is 9.68. The Morgan fingerprint density at radius 1 is 0.939 bits per heavy atom. The molecule has 3 rings (SSSR count). The van der Waals surface area contributed by atoms with Crippen molar-refractivity contribution in [1.29, 1.82) is 0 Å². The van der Waals surface area contributed by atoms with Crippen LogP contribution < -0.4 is 10.0 Å². The zero-order chi connectivity index (χ0) is 24.4. The summed E-state index contributed by atoms with van der Waals surface area (Å²) in [5, 5.41) is 2.19. The Hall–Kier alpha value is -2.66. The van der Waals surface area contributed by atoms with Crippen molar-refractivity contribution in [2.45, 2.75) is 17.6 Å². The number of alkyl halides is 3. The molecule has 3 aromatic carbocycles. The summed E-state index contributed by atoms with van der Waals surface area (Å²) in [6, 6.07) is 11.2. The highest BCUT2D eigenvalue weighted by Crippen LogP contribution is 2.34. The Morgan fingerprint density at radius 3 is 2.30 bits per heavy atom. The van der Waals surface area contributed by atoms with Crippen LogP contribution in [-0.4, -0.2) is 14.3 Å². The van der Waals surface area contributed by atoms with Crippen molar-refractivity contribution >= 4 is 44.8 Å². The SMILES string of the molecule is O=C(Nc1cc(C(F)(F)F)ccc1Cl)c1cc(S(=O)(=O)NCc2ccccc2Cl)ccc1F. The summed E-state index contributed by atoms with van der Waals surface area (Å²) in [5.74, 6) is -2.27. The minimum atomic E-state index is -4.70. The molecule has 33 heavy (non-hydrogen) atoms. The molecule has 0 fully saturated rings. The van der Waals surface area contributed by atoms with E-state index >= 15 is 0 Å². The molecule has 0 radical (unpaired) electrons. The number of anilines is 1. The highest BCUT2D eigenvalue weighted by atomic mass is 35.5. The van der Waals surface area contributed by atoms with Gasteiger partial charge in [-0.1, -0.05) is 41.4 Å². The number of sulfonamides is 1. The van der Waals surface area contributed by atoms with Crippen LogP contribution in [-0.2, 0) is 22.7 Å². The van der Waals surface area contributed by atoms with Crippen LogP contribution >= 0.6 is 23.2 Å². The first-order valence-corrected chi connectivity index (χ1v) is 11.3. The van der Waals surface area contributed by atoms with Crippen LogP contribution in [0.1, 0.15) is 21.5 Å². The molecule has 0 aliphatic heterocycles. The first kappa shape index (κ1) is 25.0. The van der Waals surface area contributed by atoms with E-state index in [1.807, 2.05) is 0 Å². The fourth-order valence-corrected chi connectivity index (χ4v) is 4.13. The number of carbonyl (C=O) groups excluding carboxylic acids is 1. The lowest BCUT2D eigenvalue weighted by Gasteiger charge is -2.13. The maximum Gasteiger partial charge on any atom is 0.416 e. The normalized spacial score (nSPS) is 11.9. The largest absolute Gasteiger partial charge is 0.416 e. The average Bonchev–Trinajstić information content (AvgIpc) is 2.74. The van der Waals surface area contributed by atoms with Crippen molar-refractivity contribution in [3.8, 4) is 0 Å². The molecule has 0 heterocycles. The number of hydrogen-bond acceptors (Lipinski definition) is 3. The van der Waals surface area contributed by atoms with Gasteiger partial charge in [-0.05, 0) is 48.0 Å². The lowest BCUT2D eigenvalue weighted by molar-refractivity contribution is -0.137. The number of carbonyl (C=O) groups is 1. The molecule has 2 N–H and O–H groups in total. The van der Waals surface area contributed by atoms with E-state index in [1.165, 1.54) is 0 Å². The predicted octanol–water partition coefficient (Wildman–Crippen LogP) is 5.88. The van der Waals surface area contributed by atoms with Gasteiger partial charge in [-0.15, -0.1) is 0 Å². The Bertz CT molecular complexity index is 1320. The van der Waals surface area contributed by atoms with Gasteiger partial charge in [-0.2, -0.15) is 13.2 Å². The Balaban J connectivity index is 1.85. The summed E-state index contributed by atoms with van der Waals surface area (Å²) < 4.78 is 80.6. The van der Waals surface area contributed by atoms with Crippen molar-refractivity contribution in [3.05, 3.63) is 93.2 Å². The lowest BCUT2D eigenvalue weighted by atomic mass is 10.1. The Labute approximate surface area is 196 Å². The van der Waals surface area contributed by atoms with Gasteiger partial charge in [0, 0.05) is 11.6 Å². The second-order valence-corrected chi connectivity index (χ2v) is 9.29. The maximum atomic E-state index is 14.3. The van der Waals surface area contributed by atoms with Gasteiger partial charge in [-0.3, -0.25) is 4.79 Å². The fraction of sp³-hybridized carbons (Fsp3) is 0.0952. The van der Waals surface area contributed by atoms with Gasteiger partial charge in [0.05, 0.1) is 26.7 Å². The number of halogens is 6. The van der Waals surface area contributed by atoms with Crippen LogP contribution in [0.5, 0.6) is 0 Å². The van der Waals surface area contributed by atoms with Crippen molar-refractivity contribution in [2.24, 2.45) is 0 Å². The molecule has 0 saturated heterocycles. The first-order chi connectivity index (χ1) is 15.4. The van der Waals surface area contributed by atoms with E-state index in [4.69, 9.17) is 23.2 Å². The second-order valence-electron chi connectivity index (χ2n) is 6.70. The molecule has 0 spiro atoms. The van der Waals surface area contributed by atoms with E-state index in [0.717, 1.165) is 30.3 Å². The van der Waals surface area contributed by atoms with Gasteiger partial charge in [0.25, 0.3) is 5.91 Å². The van der Waals surface area contributed by atoms with Gasteiger partial charge < -0.3 is 5.32 Å². The summed E-state index contributed by atoms with van der Waals surface area (Å²) in [6.07, 6.45) is -4.70. The van der Waals surface area contributed by atoms with E-state index in [2.05, 4.69) is 10.0 Å². The molecular weight excluding hydrogens is 507 g/mol. The monoisotopic (exact) mass is 520 g/mol. The van der Waals surface area contributed by atoms with Crippen LogP contribution in [0.25, 0.3) is 0 Å². The van der Waals surface area contributed by atoms with Gasteiger partial charge in [0.15, 0.2) is 0 Å². The molecule has 0 saturated carbocycles. The number of amides is 1. The molecule has 0 aliphatic carbocycles. The van der Waals surface area contributed by atoms with Gasteiger partial charge in [-0.25, -0.2) is 17.5 Å². The van der Waals surface area contributed by atoms with Crippen LogP contribution in [0, 0.1) is 5.82 Å². The third-order valence-electron chi connectivity index (χ3n) is 4.45. The van der Waals surface area contributed by atoms with Crippen molar-refractivity contribution in [1.82, 2.24) is 4.72 Å². The molecule has 0 atom stereocenters. The van der Waals surface area contributed by atoms with E-state index in [0.29, 0.717) is 16.7 Å². The quantitative estimate of drug-likeness (QED) is 0.398. The van der Waals surface area contributed by atoms with E-state index in [9.17, 15) is 30.8 Å². The summed E-state index contributed by atoms with van der Waals surface area (Å²) in [6.45, 7) is -0.166. The highest BCUT2D eigenvalue weighted by molar-refractivity contribution is 7.89. The van der Waals surface area contributed by atoms with Crippen molar-refractivity contribution in [2.75, 3.05) is 5.32 Å². The third-order valence-corrected chi connectivity index (χ3v) is 6.54. The van der Waals surface area contributed by atoms with Crippen molar-refractivity contribution < 1.29 is 30.8 Å². The van der Waals surface area contributed by atoms with Crippen LogP contribution in [0.3, 0.4) is 0 Å². The molecule has 0 unspecified atom stereocenters. The molecule has 5 nitrogen and oxygen atoms in total. The summed E-state index contributed by atoms with van der Waals surface area (Å²) in [5.41, 5.74) is -1.71. The third kappa shape index (κ3) is 6.02. The number of rotatable bonds is 6. The van der Waals surface area contributed by atoms with Crippen LogP contribution in [0.15, 0.2) is 65.6 Å². The zero-order valence-corrected chi connectivity index (χ0v) is 18.7. The number of hydrogen-bond donors (Lipinski definition) is 2. The molecule has 0 aromatic heterocycles. The average molecular weight is 521 g/mol. The number of benzene rings is 3. The summed E-state index contributed by atoms with van der Waals surface area (Å²) in [7, 11) is -4.19. The molecule has 3 aromatic rings. The minimum Gasteiger partial charge on any atom is -0.321 e. The van der Waals surface area contributed by atoms with Gasteiger partial charge >= 0.3 is 6.18 Å². The molecule has 1 amide bonds. The van der Waals surface area contributed by atoms with E-state index in [1.54, 1.807) is 24.3 Å². The molecule has 0 bridgehead atoms. The predicted molar refractivity (Wildman–Crippen MR) is 116 cm³/mol. The van der Waals surface area contributed by atoms with Gasteiger partial charge in [0.1, 0.15) is 5.82 Å². The molecule has 0 aliphatic rings. The topological polar surface area (TPSA) is 75.3 Å². The van der Waals surface area contributed by atoms with E-state index in [-0.39, 0.29) is 11.6 Å². The highest BCUT2D eigenvalue weighted by Gasteiger charge is 2.31. The van der Waals surface area contributed by atoms with Gasteiger partial charge in [0.2, 0.25) is 10.0 Å². The van der Waals surface area contributed by atoms with E-state index < -0.39 is 49.6 Å². The maximum absolute atomic E-state index is 14.3. The Kier molecular flexibility index (Phi) is 7.32. The van der Waals surface area contributed by atoms with Crippen LogP contribution in [0.4, 0.5) is 23.2 Å². The molecular formula is C21H14Cl2F4N2O3S. The fourth-order valence-electron chi connectivity index (χ4n) is 2.73. The van der Waals surface area contributed by atoms with Crippen molar-refractivity contribution in [3.63, 3.8) is 0 Å². The minimum absolute atomic E-state index is 0.166. The molecule has 174 valence electrons. The summed E-state index contributed by atoms with van der Waals surface area (Å²) in [4.78, 5) is 12.1. The standard InChI is InChI=1S/C21H14Cl2F4N2O3S/c22-16-4-2-1-3-12(16)11-28-33(31,32)14-6-8-18(24)15(10-14)20(30)29-19-9-13(21(25,26)27)5-7-17(19)23/h1-10,28H,11H2,(H,29,30). The number of nitrogens with one attached hydrogen (secondary N) is 2. The Morgan fingerprint density at radius 2 is 1.64 bits per heavy atom. The first-order valence-electron chi connectivity index (χ1n) is 9.09.